The van der Waals surface area contributed by atoms with Crippen molar-refractivity contribution in [3.8, 4) is 11.5 Å². The van der Waals surface area contributed by atoms with Gasteiger partial charge in [0.05, 0.1) is 0 Å². The van der Waals surface area contributed by atoms with Crippen LogP contribution in [0.3, 0.4) is 0 Å². The van der Waals surface area contributed by atoms with Gasteiger partial charge in [-0.25, -0.2) is 8.78 Å². The molecule has 0 aliphatic heterocycles. The minimum Gasteiger partial charge on any atom is -0.426 e. The summed E-state index contributed by atoms with van der Waals surface area (Å²) in [6, 6.07) is 6.40. The molecule has 7 atom stereocenters. The van der Waals surface area contributed by atoms with Crippen LogP contribution >= 0.6 is 0 Å². The topological polar surface area (TPSA) is 105 Å². The SMILES string of the molecule is C[C@@H]1CCCC[C@]2(C)c3cc(OC(=O)CCCCCCCCC(=O)Oc4cc(F)c5c(c4)[C@@]4(C)CCCCC[C@@H](C5)[C@@H]4N)cc(F)c3C[C@H]1[C@@H]2N. The van der Waals surface area contributed by atoms with Gasteiger partial charge in [0.15, 0.2) is 0 Å². The van der Waals surface area contributed by atoms with E-state index in [0.717, 1.165) is 99.3 Å². The highest BCUT2D eigenvalue weighted by Gasteiger charge is 2.47. The molecule has 0 unspecified atom stereocenters. The Labute approximate surface area is 303 Å². The summed E-state index contributed by atoms with van der Waals surface area (Å²) in [5.41, 5.74) is 16.3. The highest BCUT2D eigenvalue weighted by Crippen LogP contribution is 2.49. The third kappa shape index (κ3) is 8.07. The van der Waals surface area contributed by atoms with E-state index in [1.54, 1.807) is 0 Å². The van der Waals surface area contributed by atoms with Crippen molar-refractivity contribution in [2.75, 3.05) is 0 Å². The van der Waals surface area contributed by atoms with E-state index in [1.807, 2.05) is 12.1 Å². The Morgan fingerprint density at radius 3 is 1.76 bits per heavy atom. The number of nitrogens with two attached hydrogens (primary N) is 2. The molecule has 6 nitrogen and oxygen atoms in total. The van der Waals surface area contributed by atoms with Crippen molar-refractivity contribution in [2.45, 2.75) is 166 Å². The first-order valence-electron chi connectivity index (χ1n) is 20.0. The molecule has 2 aromatic rings. The van der Waals surface area contributed by atoms with Gasteiger partial charge in [0.2, 0.25) is 0 Å². The third-order valence-electron chi connectivity index (χ3n) is 13.5. The second-order valence-corrected chi connectivity index (χ2v) is 17.0. The number of fused-ring (bicyclic) bond motifs is 8. The summed E-state index contributed by atoms with van der Waals surface area (Å²) in [7, 11) is 0. The number of rotatable bonds is 11. The summed E-state index contributed by atoms with van der Waals surface area (Å²) in [5, 5.41) is 0. The molecule has 4 bridgehead atoms. The summed E-state index contributed by atoms with van der Waals surface area (Å²) in [6.07, 6.45) is 16.4. The maximum atomic E-state index is 15.4. The fourth-order valence-corrected chi connectivity index (χ4v) is 10.2. The fourth-order valence-electron chi connectivity index (χ4n) is 10.2. The number of esters is 2. The van der Waals surface area contributed by atoms with Crippen molar-refractivity contribution in [1.82, 2.24) is 0 Å². The van der Waals surface area contributed by atoms with E-state index in [-0.39, 0.29) is 82.7 Å². The van der Waals surface area contributed by atoms with Gasteiger partial charge in [0.25, 0.3) is 0 Å². The zero-order chi connectivity index (χ0) is 36.3. The summed E-state index contributed by atoms with van der Waals surface area (Å²) >= 11 is 0. The van der Waals surface area contributed by atoms with Gasteiger partial charge in [-0.3, -0.25) is 9.59 Å². The second kappa shape index (κ2) is 16.0. The van der Waals surface area contributed by atoms with E-state index in [1.165, 1.54) is 18.6 Å². The third-order valence-corrected chi connectivity index (χ3v) is 13.5. The lowest BCUT2D eigenvalue weighted by atomic mass is 9.58. The van der Waals surface area contributed by atoms with Gasteiger partial charge >= 0.3 is 11.9 Å². The zero-order valence-electron chi connectivity index (χ0n) is 31.2. The fraction of sp³-hybridized carbons (Fsp3) is 0.674. The molecule has 8 heteroatoms. The highest BCUT2D eigenvalue weighted by atomic mass is 19.1. The highest BCUT2D eigenvalue weighted by molar-refractivity contribution is 5.73. The minimum atomic E-state index is -0.351. The zero-order valence-corrected chi connectivity index (χ0v) is 31.2. The maximum Gasteiger partial charge on any atom is 0.311 e. The molecular formula is C43H60F2N2O4. The van der Waals surface area contributed by atoms with Crippen LogP contribution in [0.2, 0.25) is 0 Å². The van der Waals surface area contributed by atoms with Crippen LogP contribution in [0.25, 0.3) is 0 Å². The van der Waals surface area contributed by atoms with Gasteiger partial charge in [-0.15, -0.1) is 0 Å². The van der Waals surface area contributed by atoms with Crippen LogP contribution in [0.1, 0.15) is 152 Å². The molecule has 6 rings (SSSR count). The smallest absolute Gasteiger partial charge is 0.311 e. The Morgan fingerprint density at radius 1 is 0.686 bits per heavy atom. The van der Waals surface area contributed by atoms with Crippen molar-refractivity contribution in [1.29, 1.82) is 0 Å². The molecule has 2 aromatic carbocycles. The molecule has 0 saturated heterocycles. The Hall–Kier alpha value is -2.84. The Bertz CT molecular complexity index is 1580. The molecule has 280 valence electrons. The lowest BCUT2D eigenvalue weighted by molar-refractivity contribution is -0.135. The van der Waals surface area contributed by atoms with E-state index in [2.05, 4.69) is 20.8 Å². The average molecular weight is 707 g/mol. The number of unbranched alkanes of at least 4 members (excludes halogenated alkanes) is 5. The van der Waals surface area contributed by atoms with Gasteiger partial charge in [-0.2, -0.15) is 0 Å². The number of ether oxygens (including phenoxy) is 2. The van der Waals surface area contributed by atoms with E-state index in [0.29, 0.717) is 31.6 Å². The number of hydrogen-bond acceptors (Lipinski definition) is 6. The van der Waals surface area contributed by atoms with Crippen LogP contribution in [0.5, 0.6) is 11.5 Å². The normalized spacial score (nSPS) is 30.1. The molecule has 4 aliphatic carbocycles. The van der Waals surface area contributed by atoms with Gasteiger partial charge in [-0.1, -0.05) is 85.0 Å². The lowest BCUT2D eigenvalue weighted by Crippen LogP contribution is -2.54. The van der Waals surface area contributed by atoms with Crippen molar-refractivity contribution < 1.29 is 27.8 Å². The number of carbonyl (C=O) groups is 2. The van der Waals surface area contributed by atoms with Crippen LogP contribution in [0.4, 0.5) is 8.78 Å². The number of hydrogen-bond donors (Lipinski definition) is 2. The molecule has 2 saturated carbocycles. The first kappa shape index (κ1) is 37.9. The minimum absolute atomic E-state index is 0.0260. The molecule has 0 heterocycles. The molecule has 0 amide bonds. The molecule has 0 aromatic heterocycles. The van der Waals surface area contributed by atoms with E-state index in [4.69, 9.17) is 20.9 Å². The van der Waals surface area contributed by atoms with Crippen LogP contribution in [-0.2, 0) is 33.3 Å². The van der Waals surface area contributed by atoms with Gasteiger partial charge in [0, 0.05) is 47.9 Å². The van der Waals surface area contributed by atoms with Gasteiger partial charge in [-0.05, 0) is 97.1 Å². The Balaban J connectivity index is 0.914. The predicted molar refractivity (Wildman–Crippen MR) is 197 cm³/mol. The van der Waals surface area contributed by atoms with Crippen molar-refractivity contribution in [3.05, 3.63) is 58.2 Å². The van der Waals surface area contributed by atoms with Crippen molar-refractivity contribution in [2.24, 2.45) is 29.2 Å². The first-order chi connectivity index (χ1) is 24.4. The molecular weight excluding hydrogens is 646 g/mol. The van der Waals surface area contributed by atoms with Crippen LogP contribution < -0.4 is 20.9 Å². The summed E-state index contributed by atoms with van der Waals surface area (Å²) < 4.78 is 42.1. The lowest BCUT2D eigenvalue weighted by Gasteiger charge is -2.49. The van der Waals surface area contributed by atoms with Gasteiger partial charge < -0.3 is 20.9 Å². The molecule has 4 N–H and O–H groups in total. The summed E-state index contributed by atoms with van der Waals surface area (Å²) in [4.78, 5) is 25.4. The number of benzene rings is 2. The monoisotopic (exact) mass is 706 g/mol. The summed E-state index contributed by atoms with van der Waals surface area (Å²) in [6.45, 7) is 6.56. The summed E-state index contributed by atoms with van der Waals surface area (Å²) in [5.74, 6) is 0.251. The van der Waals surface area contributed by atoms with Crippen molar-refractivity contribution in [3.63, 3.8) is 0 Å². The Morgan fingerprint density at radius 2 is 1.18 bits per heavy atom. The van der Waals surface area contributed by atoms with E-state index < -0.39 is 0 Å². The van der Waals surface area contributed by atoms with Crippen LogP contribution in [0, 0.1) is 29.4 Å². The van der Waals surface area contributed by atoms with E-state index in [9.17, 15) is 9.59 Å². The molecule has 51 heavy (non-hydrogen) atoms. The standard InChI is InChI=1S/C43H60F2N2O4/c1-27-15-12-14-20-43(3)35-23-30(25-37(45)33(35)26-31(27)41(43)47)51-39(49)18-11-7-5-4-6-10-17-38(48)50-29-22-34-32(36(44)24-29)21-28-16-9-8-13-19-42(34,2)40(28)46/h22-25,27-28,31,40-41H,4-21,26,46-47H2,1-3H3/t27-,28+,31-,40+,41+,42-,43-/m1/s1. The quantitative estimate of drug-likeness (QED) is 0.137. The molecule has 2 fully saturated rings. The van der Waals surface area contributed by atoms with E-state index >= 15 is 8.78 Å². The van der Waals surface area contributed by atoms with Gasteiger partial charge in [0.1, 0.15) is 23.1 Å². The van der Waals surface area contributed by atoms with Crippen molar-refractivity contribution >= 4 is 11.9 Å². The maximum absolute atomic E-state index is 15.4. The molecule has 4 aliphatic rings. The Kier molecular flexibility index (Phi) is 11.9. The van der Waals surface area contributed by atoms with Crippen LogP contribution in [0.15, 0.2) is 24.3 Å². The second-order valence-electron chi connectivity index (χ2n) is 17.0. The molecule has 0 spiro atoms. The average Bonchev–Trinajstić information content (AvgIpc) is 3.08. The van der Waals surface area contributed by atoms with Crippen LogP contribution in [-0.4, -0.2) is 24.0 Å². The predicted octanol–water partition coefficient (Wildman–Crippen LogP) is 9.29. The number of halogens is 2. The number of carbonyl (C=O) groups excluding carboxylic acids is 2. The first-order valence-corrected chi connectivity index (χ1v) is 20.0. The molecule has 0 radical (unpaired) electrons. The largest absolute Gasteiger partial charge is 0.426 e.